The number of hydrogen-bond acceptors (Lipinski definition) is 3. The van der Waals surface area contributed by atoms with E-state index in [1.165, 1.54) is 34.5 Å². The number of carbonyl (C=O) groups excluding carboxylic acids is 1. The zero-order chi connectivity index (χ0) is 9.68. The summed E-state index contributed by atoms with van der Waals surface area (Å²) in [7, 11) is 1.61. The number of nitrogens with zero attached hydrogens (tertiary/aromatic N) is 4. The monoisotopic (exact) mass is 178 g/mol. The molecule has 0 saturated carbocycles. The average molecular weight is 178 g/mol. The van der Waals surface area contributed by atoms with Gasteiger partial charge in [0.15, 0.2) is 0 Å². The molecular formula is C8H10N4O. The molecule has 5 heteroatoms. The van der Waals surface area contributed by atoms with E-state index in [0.29, 0.717) is 0 Å². The van der Waals surface area contributed by atoms with Crippen molar-refractivity contribution >= 4 is 12.4 Å². The Morgan fingerprint density at radius 3 is 3.08 bits per heavy atom. The number of imidazole rings is 1. The maximum absolute atomic E-state index is 11.4. The molecule has 1 rings (SSSR count). The Morgan fingerprint density at radius 2 is 2.54 bits per heavy atom. The predicted molar refractivity (Wildman–Crippen MR) is 49.5 cm³/mol. The van der Waals surface area contributed by atoms with Gasteiger partial charge >= 0.3 is 6.03 Å². The van der Waals surface area contributed by atoms with Crippen molar-refractivity contribution in [2.24, 2.45) is 4.99 Å². The summed E-state index contributed by atoms with van der Waals surface area (Å²) >= 11 is 0. The second-order valence-electron chi connectivity index (χ2n) is 2.31. The molecule has 0 aliphatic carbocycles. The molecule has 0 saturated heterocycles. The minimum absolute atomic E-state index is 0.219. The molecule has 0 fully saturated rings. The van der Waals surface area contributed by atoms with Gasteiger partial charge in [0, 0.05) is 25.6 Å². The maximum atomic E-state index is 11.4. The number of aliphatic imine (C=N–C) groups is 1. The zero-order valence-corrected chi connectivity index (χ0v) is 7.29. The van der Waals surface area contributed by atoms with Gasteiger partial charge in [0.1, 0.15) is 6.33 Å². The van der Waals surface area contributed by atoms with E-state index in [1.807, 2.05) is 0 Å². The Kier molecular flexibility index (Phi) is 2.97. The van der Waals surface area contributed by atoms with Crippen molar-refractivity contribution in [2.75, 3.05) is 7.05 Å². The summed E-state index contributed by atoms with van der Waals surface area (Å²) in [5, 5.41) is 0. The van der Waals surface area contributed by atoms with E-state index in [0.717, 1.165) is 0 Å². The lowest BCUT2D eigenvalue weighted by Crippen LogP contribution is -2.28. The van der Waals surface area contributed by atoms with E-state index in [9.17, 15) is 4.79 Å². The van der Waals surface area contributed by atoms with Crippen molar-refractivity contribution in [1.29, 1.82) is 0 Å². The summed E-state index contributed by atoms with van der Waals surface area (Å²) in [5.74, 6) is 0. The van der Waals surface area contributed by atoms with Gasteiger partial charge in [-0.2, -0.15) is 0 Å². The van der Waals surface area contributed by atoms with Crippen LogP contribution in [0.25, 0.3) is 0 Å². The van der Waals surface area contributed by atoms with Crippen LogP contribution in [-0.2, 0) is 0 Å². The lowest BCUT2D eigenvalue weighted by atomic mass is 10.7. The van der Waals surface area contributed by atoms with Crippen LogP contribution in [0, 0.1) is 0 Å². The quantitative estimate of drug-likeness (QED) is 0.500. The fourth-order valence-electron chi connectivity index (χ4n) is 0.751. The number of carbonyl (C=O) groups is 1. The molecule has 0 spiro atoms. The Bertz CT molecular complexity index is 315. The van der Waals surface area contributed by atoms with E-state index in [-0.39, 0.29) is 6.03 Å². The van der Waals surface area contributed by atoms with Gasteiger partial charge < -0.3 is 0 Å². The molecule has 68 valence electrons. The standard InChI is InChI=1S/C8H10N4O/c1-3-9-6-11(2)8(13)12-5-4-10-7-12/h3-7H,1H2,2H3. The van der Waals surface area contributed by atoms with Crippen LogP contribution in [0.1, 0.15) is 0 Å². The first-order valence-electron chi connectivity index (χ1n) is 3.65. The highest BCUT2D eigenvalue weighted by molar-refractivity contribution is 5.87. The Labute approximate surface area is 76.0 Å². The van der Waals surface area contributed by atoms with Gasteiger partial charge in [-0.25, -0.2) is 14.8 Å². The number of rotatable bonds is 2. The first-order chi connectivity index (χ1) is 6.25. The molecule has 1 amide bonds. The summed E-state index contributed by atoms with van der Waals surface area (Å²) < 4.78 is 1.36. The van der Waals surface area contributed by atoms with Crippen molar-refractivity contribution < 1.29 is 4.79 Å². The fraction of sp³-hybridized carbons (Fsp3) is 0.125. The van der Waals surface area contributed by atoms with E-state index in [1.54, 1.807) is 13.2 Å². The van der Waals surface area contributed by atoms with Crippen molar-refractivity contribution in [3.63, 3.8) is 0 Å². The summed E-state index contributed by atoms with van der Waals surface area (Å²) in [6.07, 6.45) is 7.28. The van der Waals surface area contributed by atoms with Gasteiger partial charge in [-0.1, -0.05) is 6.58 Å². The second kappa shape index (κ2) is 4.20. The Morgan fingerprint density at radius 1 is 1.77 bits per heavy atom. The topological polar surface area (TPSA) is 50.5 Å². The largest absolute Gasteiger partial charge is 0.334 e. The van der Waals surface area contributed by atoms with Crippen molar-refractivity contribution in [3.8, 4) is 0 Å². The lowest BCUT2D eigenvalue weighted by molar-refractivity contribution is 0.229. The molecule has 1 heterocycles. The molecule has 0 aliphatic heterocycles. The summed E-state index contributed by atoms with van der Waals surface area (Å²) in [4.78, 5) is 20.2. The molecule has 0 aromatic carbocycles. The molecule has 0 bridgehead atoms. The summed E-state index contributed by atoms with van der Waals surface area (Å²) in [5.41, 5.74) is 0. The van der Waals surface area contributed by atoms with Crippen LogP contribution in [0.15, 0.2) is 36.5 Å². The molecule has 0 atom stereocenters. The number of hydrogen-bond donors (Lipinski definition) is 0. The van der Waals surface area contributed by atoms with Crippen LogP contribution in [0.2, 0.25) is 0 Å². The third kappa shape index (κ3) is 2.26. The van der Waals surface area contributed by atoms with E-state index in [2.05, 4.69) is 16.6 Å². The molecule has 0 aliphatic rings. The van der Waals surface area contributed by atoms with Crippen LogP contribution in [0.3, 0.4) is 0 Å². The molecule has 1 aromatic heterocycles. The van der Waals surface area contributed by atoms with Crippen molar-refractivity contribution in [2.45, 2.75) is 0 Å². The number of amides is 1. The van der Waals surface area contributed by atoms with Crippen LogP contribution in [0.5, 0.6) is 0 Å². The van der Waals surface area contributed by atoms with Gasteiger partial charge in [-0.3, -0.25) is 9.47 Å². The first-order valence-corrected chi connectivity index (χ1v) is 3.65. The highest BCUT2D eigenvalue weighted by Gasteiger charge is 2.06. The minimum atomic E-state index is -0.219. The molecular weight excluding hydrogens is 168 g/mol. The van der Waals surface area contributed by atoms with Gasteiger partial charge in [0.25, 0.3) is 0 Å². The molecule has 0 radical (unpaired) electrons. The normalized spacial score (nSPS) is 10.2. The lowest BCUT2D eigenvalue weighted by Gasteiger charge is -2.09. The van der Waals surface area contributed by atoms with Crippen molar-refractivity contribution in [1.82, 2.24) is 14.5 Å². The van der Waals surface area contributed by atoms with Crippen LogP contribution in [0.4, 0.5) is 4.79 Å². The first kappa shape index (κ1) is 9.18. The predicted octanol–water partition coefficient (Wildman–Crippen LogP) is 0.955. The zero-order valence-electron chi connectivity index (χ0n) is 7.29. The number of aromatic nitrogens is 2. The third-order valence-corrected chi connectivity index (χ3v) is 1.37. The smallest absolute Gasteiger partial charge is 0.287 e. The van der Waals surface area contributed by atoms with Gasteiger partial charge in [0.2, 0.25) is 0 Å². The highest BCUT2D eigenvalue weighted by atomic mass is 16.2. The summed E-state index contributed by atoms with van der Waals surface area (Å²) in [6.45, 7) is 3.40. The van der Waals surface area contributed by atoms with E-state index < -0.39 is 0 Å². The Balaban J connectivity index is 2.68. The van der Waals surface area contributed by atoms with Gasteiger partial charge in [0.05, 0.1) is 6.34 Å². The van der Waals surface area contributed by atoms with Gasteiger partial charge in [-0.05, 0) is 0 Å². The minimum Gasteiger partial charge on any atom is -0.287 e. The highest BCUT2D eigenvalue weighted by Crippen LogP contribution is 1.90. The van der Waals surface area contributed by atoms with Crippen molar-refractivity contribution in [3.05, 3.63) is 31.5 Å². The average Bonchev–Trinajstić information content (AvgIpc) is 2.65. The molecule has 0 N–H and O–H groups in total. The van der Waals surface area contributed by atoms with Crippen LogP contribution in [-0.4, -0.2) is 33.9 Å². The van der Waals surface area contributed by atoms with E-state index >= 15 is 0 Å². The van der Waals surface area contributed by atoms with Crippen LogP contribution >= 0.6 is 0 Å². The van der Waals surface area contributed by atoms with E-state index in [4.69, 9.17) is 0 Å². The van der Waals surface area contributed by atoms with Gasteiger partial charge in [-0.15, -0.1) is 0 Å². The maximum Gasteiger partial charge on any atom is 0.334 e. The molecule has 13 heavy (non-hydrogen) atoms. The molecule has 5 nitrogen and oxygen atoms in total. The SMILES string of the molecule is C=CN=CN(C)C(=O)n1ccnc1. The molecule has 1 aromatic rings. The Hall–Kier alpha value is -1.91. The molecule has 0 unspecified atom stereocenters. The second-order valence-corrected chi connectivity index (χ2v) is 2.31. The third-order valence-electron chi connectivity index (χ3n) is 1.37. The van der Waals surface area contributed by atoms with Crippen LogP contribution < -0.4 is 0 Å². The summed E-state index contributed by atoms with van der Waals surface area (Å²) in [6, 6.07) is -0.219. The fourth-order valence-corrected chi connectivity index (χ4v) is 0.751.